The zero-order valence-electron chi connectivity index (χ0n) is 13.7. The molecule has 2 aromatic carbocycles. The molecule has 6 heteroatoms. The van der Waals surface area contributed by atoms with Gasteiger partial charge < -0.3 is 0 Å². The van der Waals surface area contributed by atoms with Crippen molar-refractivity contribution in [1.29, 1.82) is 0 Å². The van der Waals surface area contributed by atoms with E-state index < -0.39 is 10.0 Å². The fourth-order valence-corrected chi connectivity index (χ4v) is 4.87. The van der Waals surface area contributed by atoms with Gasteiger partial charge in [-0.25, -0.2) is 18.1 Å². The van der Waals surface area contributed by atoms with Crippen LogP contribution < -0.4 is 4.72 Å². The fraction of sp³-hybridized carbons (Fsp3) is 0.211. The smallest absolute Gasteiger partial charge is 0.240 e. The maximum Gasteiger partial charge on any atom is 0.240 e. The molecule has 0 bridgehead atoms. The van der Waals surface area contributed by atoms with E-state index in [2.05, 4.69) is 9.71 Å². The SMILES string of the molecule is Cc1nc(-c2ccc(S(=O)(=O)N[C@@H]3C[C@H]3c3ccccc3)cc2)cs1. The largest absolute Gasteiger partial charge is 0.242 e. The number of aryl methyl sites for hydroxylation is 1. The van der Waals surface area contributed by atoms with Crippen molar-refractivity contribution in [2.45, 2.75) is 30.2 Å². The molecule has 0 radical (unpaired) electrons. The Kier molecular flexibility index (Phi) is 4.19. The molecule has 0 amide bonds. The summed E-state index contributed by atoms with van der Waals surface area (Å²) in [5.41, 5.74) is 2.99. The third-order valence-electron chi connectivity index (χ3n) is 4.40. The quantitative estimate of drug-likeness (QED) is 0.740. The molecule has 0 unspecified atom stereocenters. The van der Waals surface area contributed by atoms with Gasteiger partial charge in [-0.1, -0.05) is 42.5 Å². The van der Waals surface area contributed by atoms with Gasteiger partial charge in [0.2, 0.25) is 10.0 Å². The number of hydrogen-bond acceptors (Lipinski definition) is 4. The summed E-state index contributed by atoms with van der Waals surface area (Å²) in [6.07, 6.45) is 0.847. The summed E-state index contributed by atoms with van der Waals surface area (Å²) in [4.78, 5) is 4.72. The van der Waals surface area contributed by atoms with Gasteiger partial charge in [0.15, 0.2) is 0 Å². The number of aromatic nitrogens is 1. The van der Waals surface area contributed by atoms with Crippen LogP contribution in [0.15, 0.2) is 64.9 Å². The third kappa shape index (κ3) is 3.51. The van der Waals surface area contributed by atoms with E-state index in [1.54, 1.807) is 23.5 Å². The predicted octanol–water partition coefficient (Wildman–Crippen LogP) is 3.95. The highest BCUT2D eigenvalue weighted by Gasteiger charge is 2.41. The highest BCUT2D eigenvalue weighted by molar-refractivity contribution is 7.89. The first-order valence-corrected chi connectivity index (χ1v) is 10.5. The normalized spacial score (nSPS) is 19.7. The number of thiazole rings is 1. The van der Waals surface area contributed by atoms with E-state index in [4.69, 9.17) is 0 Å². The lowest BCUT2D eigenvalue weighted by Gasteiger charge is -2.07. The van der Waals surface area contributed by atoms with Gasteiger partial charge in [0, 0.05) is 22.9 Å². The van der Waals surface area contributed by atoms with E-state index in [0.717, 1.165) is 22.7 Å². The standard InChI is InChI=1S/C19H18N2O2S2/c1-13-20-19(12-24-13)15-7-9-16(10-8-15)25(22,23)21-18-11-17(18)14-5-3-2-4-6-14/h2-10,12,17-18,21H,11H2,1H3/t17-,18+/m0/s1. The van der Waals surface area contributed by atoms with Gasteiger partial charge in [0.05, 0.1) is 15.6 Å². The molecule has 4 rings (SSSR count). The minimum Gasteiger partial charge on any atom is -0.242 e. The molecule has 1 aliphatic carbocycles. The number of hydrogen-bond donors (Lipinski definition) is 1. The molecule has 1 aromatic heterocycles. The van der Waals surface area contributed by atoms with Crippen LogP contribution >= 0.6 is 11.3 Å². The lowest BCUT2D eigenvalue weighted by atomic mass is 10.1. The molecule has 3 aromatic rings. The zero-order chi connectivity index (χ0) is 17.4. The van der Waals surface area contributed by atoms with Gasteiger partial charge in [0.25, 0.3) is 0 Å². The first-order chi connectivity index (χ1) is 12.0. The fourth-order valence-electron chi connectivity index (χ4n) is 2.96. The zero-order valence-corrected chi connectivity index (χ0v) is 15.3. The monoisotopic (exact) mass is 370 g/mol. The van der Waals surface area contributed by atoms with Crippen molar-refractivity contribution in [3.8, 4) is 11.3 Å². The number of rotatable bonds is 5. The minimum atomic E-state index is -3.50. The van der Waals surface area contributed by atoms with Crippen molar-refractivity contribution in [3.63, 3.8) is 0 Å². The van der Waals surface area contributed by atoms with Crippen molar-refractivity contribution >= 4 is 21.4 Å². The minimum absolute atomic E-state index is 0.0201. The topological polar surface area (TPSA) is 59.1 Å². The molecule has 1 fully saturated rings. The molecule has 0 saturated heterocycles. The van der Waals surface area contributed by atoms with Crippen molar-refractivity contribution in [2.24, 2.45) is 0 Å². The van der Waals surface area contributed by atoms with Gasteiger partial charge in [-0.05, 0) is 31.0 Å². The molecule has 4 nitrogen and oxygen atoms in total. The third-order valence-corrected chi connectivity index (χ3v) is 6.68. The highest BCUT2D eigenvalue weighted by atomic mass is 32.2. The van der Waals surface area contributed by atoms with Gasteiger partial charge >= 0.3 is 0 Å². The van der Waals surface area contributed by atoms with Crippen LogP contribution in [0.4, 0.5) is 0 Å². The van der Waals surface area contributed by atoms with E-state index in [9.17, 15) is 8.42 Å². The summed E-state index contributed by atoms with van der Waals surface area (Å²) in [6, 6.07) is 16.9. The molecule has 1 saturated carbocycles. The second-order valence-corrected chi connectivity index (χ2v) is 9.03. The Labute approximate surface area is 151 Å². The second kappa shape index (κ2) is 6.37. The molecule has 1 heterocycles. The average molecular weight is 370 g/mol. The molecule has 0 aliphatic heterocycles. The Morgan fingerprint density at radius 2 is 1.80 bits per heavy atom. The average Bonchev–Trinajstić information content (AvgIpc) is 3.24. The lowest BCUT2D eigenvalue weighted by Crippen LogP contribution is -2.26. The molecule has 1 aliphatic rings. The summed E-state index contributed by atoms with van der Waals surface area (Å²) >= 11 is 1.58. The first-order valence-electron chi connectivity index (χ1n) is 8.13. The van der Waals surface area contributed by atoms with E-state index in [0.29, 0.717) is 4.90 Å². The van der Waals surface area contributed by atoms with Crippen LogP contribution in [0.25, 0.3) is 11.3 Å². The maximum atomic E-state index is 12.6. The molecule has 2 atom stereocenters. The van der Waals surface area contributed by atoms with Gasteiger partial charge in [-0.2, -0.15) is 0 Å². The van der Waals surface area contributed by atoms with Crippen molar-refractivity contribution in [3.05, 3.63) is 70.5 Å². The Morgan fingerprint density at radius 1 is 1.08 bits per heavy atom. The van der Waals surface area contributed by atoms with Crippen LogP contribution in [0.3, 0.4) is 0 Å². The van der Waals surface area contributed by atoms with Crippen LogP contribution in [0.5, 0.6) is 0 Å². The summed E-state index contributed by atoms with van der Waals surface area (Å²) in [7, 11) is -3.50. The molecule has 25 heavy (non-hydrogen) atoms. The van der Waals surface area contributed by atoms with E-state index in [1.165, 1.54) is 5.56 Å². The van der Waals surface area contributed by atoms with Gasteiger partial charge in [-0.3, -0.25) is 0 Å². The Balaban J connectivity index is 1.48. The molecular formula is C19H18N2O2S2. The summed E-state index contributed by atoms with van der Waals surface area (Å²) in [5, 5.41) is 2.97. The van der Waals surface area contributed by atoms with Crippen LogP contribution in [0, 0.1) is 6.92 Å². The van der Waals surface area contributed by atoms with Crippen LogP contribution in [-0.2, 0) is 10.0 Å². The molecular weight excluding hydrogens is 352 g/mol. The number of sulfonamides is 1. The molecule has 1 N–H and O–H groups in total. The summed E-state index contributed by atoms with van der Waals surface area (Å²) in [5.74, 6) is 0.272. The lowest BCUT2D eigenvalue weighted by molar-refractivity contribution is 0.580. The van der Waals surface area contributed by atoms with E-state index >= 15 is 0 Å². The molecule has 128 valence electrons. The number of nitrogens with one attached hydrogen (secondary N) is 1. The Morgan fingerprint density at radius 3 is 2.44 bits per heavy atom. The van der Waals surface area contributed by atoms with Crippen molar-refractivity contribution < 1.29 is 8.42 Å². The van der Waals surface area contributed by atoms with Crippen LogP contribution in [-0.4, -0.2) is 19.4 Å². The van der Waals surface area contributed by atoms with Crippen LogP contribution in [0.1, 0.15) is 22.9 Å². The second-order valence-electron chi connectivity index (χ2n) is 6.26. The van der Waals surface area contributed by atoms with E-state index in [1.807, 2.05) is 54.8 Å². The first kappa shape index (κ1) is 16.4. The van der Waals surface area contributed by atoms with Gasteiger partial charge in [-0.15, -0.1) is 11.3 Å². The number of nitrogens with zero attached hydrogens (tertiary/aromatic N) is 1. The predicted molar refractivity (Wildman–Crippen MR) is 100 cm³/mol. The summed E-state index contributed by atoms with van der Waals surface area (Å²) < 4.78 is 28.0. The van der Waals surface area contributed by atoms with Gasteiger partial charge in [0.1, 0.15) is 0 Å². The summed E-state index contributed by atoms with van der Waals surface area (Å²) in [6.45, 7) is 1.95. The molecule has 0 spiro atoms. The van der Waals surface area contributed by atoms with Crippen molar-refractivity contribution in [2.75, 3.05) is 0 Å². The van der Waals surface area contributed by atoms with Crippen LogP contribution in [0.2, 0.25) is 0 Å². The Hall–Kier alpha value is -2.02. The van der Waals surface area contributed by atoms with E-state index in [-0.39, 0.29) is 12.0 Å². The number of benzene rings is 2. The highest BCUT2D eigenvalue weighted by Crippen LogP contribution is 2.41. The van der Waals surface area contributed by atoms with Crippen molar-refractivity contribution in [1.82, 2.24) is 9.71 Å². The Bertz CT molecular complexity index is 980. The maximum absolute atomic E-state index is 12.6.